The third-order valence-electron chi connectivity index (χ3n) is 3.77. The van der Waals surface area contributed by atoms with E-state index in [0.29, 0.717) is 0 Å². The largest absolute Gasteiger partial charge is 0.506 e. The highest BCUT2D eigenvalue weighted by Crippen LogP contribution is 2.32. The first kappa shape index (κ1) is 14.9. The van der Waals surface area contributed by atoms with Crippen LogP contribution < -0.4 is 10.2 Å². The van der Waals surface area contributed by atoms with Gasteiger partial charge in [0.05, 0.1) is 4.90 Å². The van der Waals surface area contributed by atoms with Crippen LogP contribution in [0.2, 0.25) is 0 Å². The second-order valence-electron chi connectivity index (χ2n) is 5.21. The number of phenolic OH excluding ortho intramolecular Hbond substituents is 1. The normalized spacial score (nSPS) is 15.7. The molecule has 3 rings (SSSR count). The average Bonchev–Trinajstić information content (AvgIpc) is 2.56. The summed E-state index contributed by atoms with van der Waals surface area (Å²) in [4.78, 5) is 2.24. The van der Waals surface area contributed by atoms with Crippen LogP contribution in [0.1, 0.15) is 0 Å². The van der Waals surface area contributed by atoms with Crippen LogP contribution in [-0.4, -0.2) is 39.7 Å². The van der Waals surface area contributed by atoms with Gasteiger partial charge in [0.25, 0.3) is 0 Å². The van der Waals surface area contributed by atoms with Gasteiger partial charge in [0.15, 0.2) is 0 Å². The fraction of sp³-hybridized carbons (Fsp3) is 0.250. The first-order valence-electron chi connectivity index (χ1n) is 7.18. The first-order valence-corrected chi connectivity index (χ1v) is 8.66. The second-order valence-corrected chi connectivity index (χ2v) is 7.12. The quantitative estimate of drug-likeness (QED) is 0.900. The lowest BCUT2D eigenvalue weighted by molar-refractivity contribution is 0.458. The van der Waals surface area contributed by atoms with Crippen LogP contribution in [0.4, 0.5) is 5.69 Å². The van der Waals surface area contributed by atoms with Crippen LogP contribution in [0, 0.1) is 0 Å². The Bertz CT molecular complexity index is 754. The number of nitrogens with zero attached hydrogens (tertiary/aromatic N) is 1. The van der Waals surface area contributed by atoms with Crippen LogP contribution in [-0.2, 0) is 9.84 Å². The molecule has 1 aliphatic rings. The zero-order valence-electron chi connectivity index (χ0n) is 12.1. The van der Waals surface area contributed by atoms with Crippen molar-refractivity contribution < 1.29 is 13.5 Å². The molecule has 22 heavy (non-hydrogen) atoms. The number of piperazine rings is 1. The number of aromatic hydroxyl groups is 1. The Morgan fingerprint density at radius 2 is 1.68 bits per heavy atom. The van der Waals surface area contributed by atoms with Crippen LogP contribution in [0.3, 0.4) is 0 Å². The van der Waals surface area contributed by atoms with Crippen molar-refractivity contribution in [2.45, 2.75) is 9.79 Å². The first-order chi connectivity index (χ1) is 10.6. The van der Waals surface area contributed by atoms with Crippen molar-refractivity contribution >= 4 is 15.5 Å². The molecule has 6 heteroatoms. The van der Waals surface area contributed by atoms with Gasteiger partial charge < -0.3 is 15.3 Å². The van der Waals surface area contributed by atoms with Crippen LogP contribution in [0.5, 0.6) is 5.75 Å². The fourth-order valence-corrected chi connectivity index (χ4v) is 3.93. The van der Waals surface area contributed by atoms with Gasteiger partial charge in [-0.3, -0.25) is 0 Å². The van der Waals surface area contributed by atoms with E-state index in [-0.39, 0.29) is 15.5 Å². The third-order valence-corrected chi connectivity index (χ3v) is 5.58. The van der Waals surface area contributed by atoms with E-state index in [0.717, 1.165) is 31.9 Å². The van der Waals surface area contributed by atoms with Gasteiger partial charge >= 0.3 is 0 Å². The predicted octanol–water partition coefficient (Wildman–Crippen LogP) is 1.63. The smallest absolute Gasteiger partial charge is 0.210 e. The van der Waals surface area contributed by atoms with Gasteiger partial charge in [0.2, 0.25) is 9.84 Å². The molecule has 1 saturated heterocycles. The molecule has 0 aliphatic carbocycles. The molecule has 0 bridgehead atoms. The Hall–Kier alpha value is -2.05. The number of hydrogen-bond donors (Lipinski definition) is 2. The molecule has 2 aromatic carbocycles. The third kappa shape index (κ3) is 2.80. The second kappa shape index (κ2) is 5.98. The number of phenols is 1. The van der Waals surface area contributed by atoms with E-state index in [2.05, 4.69) is 10.2 Å². The lowest BCUT2D eigenvalue weighted by Crippen LogP contribution is -2.43. The van der Waals surface area contributed by atoms with E-state index in [1.54, 1.807) is 24.3 Å². The van der Waals surface area contributed by atoms with Crippen LogP contribution in [0.15, 0.2) is 58.3 Å². The van der Waals surface area contributed by atoms with Gasteiger partial charge in [-0.1, -0.05) is 18.2 Å². The molecule has 116 valence electrons. The maximum Gasteiger partial charge on any atom is 0.210 e. The molecule has 0 unspecified atom stereocenters. The predicted molar refractivity (Wildman–Crippen MR) is 85.1 cm³/mol. The Morgan fingerprint density at radius 1 is 1.00 bits per heavy atom. The maximum absolute atomic E-state index is 12.6. The summed E-state index contributed by atoms with van der Waals surface area (Å²) in [5.41, 5.74) is 0.839. The molecule has 2 N–H and O–H groups in total. The number of rotatable bonds is 3. The molecule has 0 amide bonds. The lowest BCUT2D eigenvalue weighted by atomic mass is 10.2. The zero-order valence-corrected chi connectivity index (χ0v) is 12.9. The molecule has 2 aromatic rings. The summed E-state index contributed by atoms with van der Waals surface area (Å²) in [5.74, 6) is -0.208. The van der Waals surface area contributed by atoms with E-state index in [4.69, 9.17) is 0 Å². The summed E-state index contributed by atoms with van der Waals surface area (Å²) in [6.07, 6.45) is 0. The van der Waals surface area contributed by atoms with E-state index in [1.807, 2.05) is 0 Å². The number of hydrogen-bond acceptors (Lipinski definition) is 5. The van der Waals surface area contributed by atoms with Crippen molar-refractivity contribution in [3.8, 4) is 5.75 Å². The van der Waals surface area contributed by atoms with Crippen molar-refractivity contribution in [2.24, 2.45) is 0 Å². The molecule has 1 heterocycles. The molecule has 0 aromatic heterocycles. The van der Waals surface area contributed by atoms with E-state index in [9.17, 15) is 13.5 Å². The maximum atomic E-state index is 12.6. The molecule has 1 aliphatic heterocycles. The van der Waals surface area contributed by atoms with Gasteiger partial charge in [-0.25, -0.2) is 8.42 Å². The minimum atomic E-state index is -3.70. The van der Waals surface area contributed by atoms with Gasteiger partial charge in [-0.2, -0.15) is 0 Å². The van der Waals surface area contributed by atoms with Gasteiger partial charge in [0, 0.05) is 37.9 Å². The number of sulfone groups is 1. The molecule has 0 atom stereocenters. The fourth-order valence-electron chi connectivity index (χ4n) is 2.58. The standard InChI is InChI=1S/C16H18N2O3S/c19-15-12-13(18-10-8-17-9-11-18)6-7-16(15)22(20,21)14-4-2-1-3-5-14/h1-7,12,17,19H,8-11H2. The highest BCUT2D eigenvalue weighted by Gasteiger charge is 2.22. The molecule has 0 radical (unpaired) electrons. The molecular formula is C16H18N2O3S. The molecule has 5 nitrogen and oxygen atoms in total. The monoisotopic (exact) mass is 318 g/mol. The highest BCUT2D eigenvalue weighted by molar-refractivity contribution is 7.91. The number of nitrogens with one attached hydrogen (secondary N) is 1. The van der Waals surface area contributed by atoms with Crippen LogP contribution >= 0.6 is 0 Å². The molecule has 1 fully saturated rings. The zero-order chi connectivity index (χ0) is 15.6. The van der Waals surface area contributed by atoms with Crippen molar-refractivity contribution in [1.82, 2.24) is 5.32 Å². The number of benzene rings is 2. The van der Waals surface area contributed by atoms with Crippen LogP contribution in [0.25, 0.3) is 0 Å². The topological polar surface area (TPSA) is 69.6 Å². The SMILES string of the molecule is O=S(=O)(c1ccccc1)c1ccc(N2CCNCC2)cc1O. The average molecular weight is 318 g/mol. The Labute approximate surface area is 130 Å². The van der Waals surface area contributed by atoms with E-state index < -0.39 is 9.84 Å². The minimum Gasteiger partial charge on any atom is -0.506 e. The Morgan fingerprint density at radius 3 is 2.32 bits per heavy atom. The summed E-state index contributed by atoms with van der Waals surface area (Å²) in [7, 11) is -3.70. The van der Waals surface area contributed by atoms with E-state index >= 15 is 0 Å². The Balaban J connectivity index is 1.95. The van der Waals surface area contributed by atoms with Gasteiger partial charge in [-0.05, 0) is 24.3 Å². The van der Waals surface area contributed by atoms with Crippen molar-refractivity contribution in [2.75, 3.05) is 31.1 Å². The minimum absolute atomic E-state index is 0.0578. The van der Waals surface area contributed by atoms with Crippen molar-refractivity contribution in [3.63, 3.8) is 0 Å². The van der Waals surface area contributed by atoms with Crippen molar-refractivity contribution in [3.05, 3.63) is 48.5 Å². The number of anilines is 1. The van der Waals surface area contributed by atoms with Gasteiger partial charge in [0.1, 0.15) is 10.6 Å². The summed E-state index contributed by atoms with van der Waals surface area (Å²) in [5, 5.41) is 13.5. The Kier molecular flexibility index (Phi) is 4.04. The van der Waals surface area contributed by atoms with Gasteiger partial charge in [-0.15, -0.1) is 0 Å². The summed E-state index contributed by atoms with van der Waals surface area (Å²) < 4.78 is 25.1. The lowest BCUT2D eigenvalue weighted by Gasteiger charge is -2.29. The summed E-state index contributed by atoms with van der Waals surface area (Å²) in [6, 6.07) is 12.9. The molecule has 0 spiro atoms. The highest BCUT2D eigenvalue weighted by atomic mass is 32.2. The van der Waals surface area contributed by atoms with Crippen molar-refractivity contribution in [1.29, 1.82) is 0 Å². The van der Waals surface area contributed by atoms with E-state index in [1.165, 1.54) is 24.3 Å². The molecular weight excluding hydrogens is 300 g/mol. The summed E-state index contributed by atoms with van der Waals surface area (Å²) >= 11 is 0. The summed E-state index contributed by atoms with van der Waals surface area (Å²) in [6.45, 7) is 3.43. The molecule has 0 saturated carbocycles.